The summed E-state index contributed by atoms with van der Waals surface area (Å²) >= 11 is 0. The molecule has 0 amide bonds. The van der Waals surface area contributed by atoms with E-state index in [2.05, 4.69) is 0 Å². The monoisotopic (exact) mass is 225 g/mol. The second kappa shape index (κ2) is 4.42. The number of rotatable bonds is 2. The van der Waals surface area contributed by atoms with E-state index in [1.165, 1.54) is 6.21 Å². The van der Waals surface area contributed by atoms with Crippen molar-refractivity contribution in [1.82, 2.24) is 0 Å². The topological polar surface area (TPSA) is 44.1 Å². The number of aryl methyl sites for hydroxylation is 2. The lowest BCUT2D eigenvalue weighted by Crippen LogP contribution is -1.86. The van der Waals surface area contributed by atoms with Gasteiger partial charge in [0.1, 0.15) is 5.75 Å². The molecule has 2 aromatic carbocycles. The molecule has 86 valence electrons. The van der Waals surface area contributed by atoms with Crippen molar-refractivity contribution in [2.45, 2.75) is 13.8 Å². The third-order valence-corrected chi connectivity index (χ3v) is 3.03. The molecule has 0 heterocycles. The minimum absolute atomic E-state index is 0.352. The van der Waals surface area contributed by atoms with Crippen molar-refractivity contribution in [1.29, 1.82) is 5.41 Å². The van der Waals surface area contributed by atoms with Gasteiger partial charge in [0.25, 0.3) is 0 Å². The summed E-state index contributed by atoms with van der Waals surface area (Å²) in [5.74, 6) is 0.352. The van der Waals surface area contributed by atoms with Crippen LogP contribution in [0.1, 0.15) is 16.7 Å². The van der Waals surface area contributed by atoms with Gasteiger partial charge < -0.3 is 10.5 Å². The van der Waals surface area contributed by atoms with Crippen LogP contribution in [0.25, 0.3) is 16.8 Å². The standard InChI is InChI=1S/C15H15NO/c1-10-5-6-13-8-7-12(4-3-9-16)11(2)14(13)15(10)17/h3-9,16-17H,1-2H3/b4-3-,16-9?. The molecular weight excluding hydrogens is 210 g/mol. The maximum atomic E-state index is 10.1. The average molecular weight is 225 g/mol. The molecule has 0 aliphatic carbocycles. The van der Waals surface area contributed by atoms with Crippen LogP contribution in [0.15, 0.2) is 30.3 Å². The molecule has 0 bridgehead atoms. The molecule has 2 aromatic rings. The molecule has 0 saturated carbocycles. The van der Waals surface area contributed by atoms with Gasteiger partial charge in [0.15, 0.2) is 0 Å². The van der Waals surface area contributed by atoms with E-state index in [1.54, 1.807) is 6.08 Å². The first-order chi connectivity index (χ1) is 8.15. The summed E-state index contributed by atoms with van der Waals surface area (Å²) in [5.41, 5.74) is 2.96. The molecule has 0 unspecified atom stereocenters. The summed E-state index contributed by atoms with van der Waals surface area (Å²) in [7, 11) is 0. The molecule has 2 rings (SSSR count). The van der Waals surface area contributed by atoms with E-state index in [0.717, 1.165) is 27.5 Å². The number of fused-ring (bicyclic) bond motifs is 1. The largest absolute Gasteiger partial charge is 0.507 e. The Hall–Kier alpha value is -2.09. The van der Waals surface area contributed by atoms with Crippen LogP contribution in [-0.2, 0) is 0 Å². The maximum absolute atomic E-state index is 10.1. The second-order valence-corrected chi connectivity index (χ2v) is 4.13. The van der Waals surface area contributed by atoms with Crippen LogP contribution >= 0.6 is 0 Å². The Morgan fingerprint density at radius 1 is 1.12 bits per heavy atom. The molecule has 0 saturated heterocycles. The van der Waals surface area contributed by atoms with Crippen LogP contribution in [0, 0.1) is 19.3 Å². The molecule has 0 fully saturated rings. The fourth-order valence-electron chi connectivity index (χ4n) is 2.03. The Bertz CT molecular complexity index is 612. The fourth-order valence-corrected chi connectivity index (χ4v) is 2.03. The Labute approximate surface area is 101 Å². The summed E-state index contributed by atoms with van der Waals surface area (Å²) in [5, 5.41) is 19.1. The van der Waals surface area contributed by atoms with E-state index < -0.39 is 0 Å². The van der Waals surface area contributed by atoms with E-state index in [1.807, 2.05) is 44.2 Å². The van der Waals surface area contributed by atoms with Gasteiger partial charge in [-0.1, -0.05) is 30.3 Å². The zero-order chi connectivity index (χ0) is 12.4. The van der Waals surface area contributed by atoms with Gasteiger partial charge >= 0.3 is 0 Å². The number of phenolic OH excluding ortho intramolecular Hbond substituents is 1. The van der Waals surface area contributed by atoms with Crippen LogP contribution in [0.4, 0.5) is 0 Å². The van der Waals surface area contributed by atoms with Gasteiger partial charge in [-0.2, -0.15) is 0 Å². The summed E-state index contributed by atoms with van der Waals surface area (Å²) < 4.78 is 0. The van der Waals surface area contributed by atoms with Gasteiger partial charge in [-0.15, -0.1) is 0 Å². The van der Waals surface area contributed by atoms with Crippen molar-refractivity contribution in [2.24, 2.45) is 0 Å². The maximum Gasteiger partial charge on any atom is 0.126 e. The normalized spacial score (nSPS) is 11.2. The molecule has 0 aromatic heterocycles. The Morgan fingerprint density at radius 3 is 2.53 bits per heavy atom. The lowest BCUT2D eigenvalue weighted by molar-refractivity contribution is 0.477. The van der Waals surface area contributed by atoms with Crippen molar-refractivity contribution >= 4 is 23.1 Å². The first kappa shape index (κ1) is 11.4. The summed E-state index contributed by atoms with van der Waals surface area (Å²) in [6, 6.07) is 7.93. The van der Waals surface area contributed by atoms with Gasteiger partial charge in [0.05, 0.1) is 0 Å². The number of nitrogens with one attached hydrogen (secondary N) is 1. The zero-order valence-corrected chi connectivity index (χ0v) is 9.99. The quantitative estimate of drug-likeness (QED) is 0.749. The molecule has 2 N–H and O–H groups in total. The molecule has 0 aliphatic heterocycles. The zero-order valence-electron chi connectivity index (χ0n) is 9.99. The highest BCUT2D eigenvalue weighted by Crippen LogP contribution is 2.32. The van der Waals surface area contributed by atoms with E-state index in [4.69, 9.17) is 5.41 Å². The van der Waals surface area contributed by atoms with Crippen molar-refractivity contribution in [3.8, 4) is 5.75 Å². The van der Waals surface area contributed by atoms with Crippen molar-refractivity contribution in [3.05, 3.63) is 47.0 Å². The third-order valence-electron chi connectivity index (χ3n) is 3.03. The van der Waals surface area contributed by atoms with Gasteiger partial charge in [-0.25, -0.2) is 0 Å². The van der Waals surface area contributed by atoms with Gasteiger partial charge in [0, 0.05) is 11.6 Å². The van der Waals surface area contributed by atoms with Crippen molar-refractivity contribution in [2.75, 3.05) is 0 Å². The van der Waals surface area contributed by atoms with Gasteiger partial charge in [0.2, 0.25) is 0 Å². The molecule has 2 nitrogen and oxygen atoms in total. The highest BCUT2D eigenvalue weighted by molar-refractivity contribution is 5.94. The third kappa shape index (κ3) is 1.94. The van der Waals surface area contributed by atoms with Crippen LogP contribution < -0.4 is 0 Å². The van der Waals surface area contributed by atoms with Gasteiger partial charge in [-0.05, 0) is 42.0 Å². The minimum Gasteiger partial charge on any atom is -0.507 e. The molecule has 0 spiro atoms. The summed E-state index contributed by atoms with van der Waals surface area (Å²) in [6.07, 6.45) is 4.81. The molecule has 0 radical (unpaired) electrons. The Kier molecular flexibility index (Phi) is 2.96. The number of aromatic hydroxyl groups is 1. The molecule has 2 heteroatoms. The number of hydrogen-bond acceptors (Lipinski definition) is 2. The second-order valence-electron chi connectivity index (χ2n) is 4.13. The highest BCUT2D eigenvalue weighted by atomic mass is 16.3. The smallest absolute Gasteiger partial charge is 0.126 e. The van der Waals surface area contributed by atoms with E-state index in [9.17, 15) is 5.11 Å². The molecular formula is C15H15NO. The number of allylic oxidation sites excluding steroid dienone is 1. The van der Waals surface area contributed by atoms with Crippen LogP contribution in [0.2, 0.25) is 0 Å². The highest BCUT2D eigenvalue weighted by Gasteiger charge is 2.07. The Balaban J connectivity index is 2.77. The predicted molar refractivity (Wildman–Crippen MR) is 72.9 cm³/mol. The molecule has 17 heavy (non-hydrogen) atoms. The SMILES string of the molecule is Cc1ccc2ccc(/C=C\C=N)c(C)c2c1O. The van der Waals surface area contributed by atoms with Crippen LogP contribution in [0.5, 0.6) is 5.75 Å². The number of phenols is 1. The molecule has 0 atom stereocenters. The van der Waals surface area contributed by atoms with Crippen molar-refractivity contribution in [3.63, 3.8) is 0 Å². The lowest BCUT2D eigenvalue weighted by atomic mass is 9.97. The van der Waals surface area contributed by atoms with Crippen LogP contribution in [0.3, 0.4) is 0 Å². The van der Waals surface area contributed by atoms with Crippen LogP contribution in [-0.4, -0.2) is 11.3 Å². The number of benzene rings is 2. The summed E-state index contributed by atoms with van der Waals surface area (Å²) in [6.45, 7) is 3.89. The van der Waals surface area contributed by atoms with Crippen molar-refractivity contribution < 1.29 is 5.11 Å². The predicted octanol–water partition coefficient (Wildman–Crippen LogP) is 3.83. The number of hydrogen-bond donors (Lipinski definition) is 2. The Morgan fingerprint density at radius 2 is 1.82 bits per heavy atom. The minimum atomic E-state index is 0.352. The van der Waals surface area contributed by atoms with E-state index >= 15 is 0 Å². The lowest BCUT2D eigenvalue weighted by Gasteiger charge is -2.09. The fraction of sp³-hybridized carbons (Fsp3) is 0.133. The van der Waals surface area contributed by atoms with E-state index in [0.29, 0.717) is 5.75 Å². The first-order valence-electron chi connectivity index (χ1n) is 5.54. The summed E-state index contributed by atoms with van der Waals surface area (Å²) in [4.78, 5) is 0. The average Bonchev–Trinajstić information content (AvgIpc) is 2.33. The van der Waals surface area contributed by atoms with E-state index in [-0.39, 0.29) is 0 Å². The van der Waals surface area contributed by atoms with Gasteiger partial charge in [-0.3, -0.25) is 0 Å². The molecule has 0 aliphatic rings. The first-order valence-corrected chi connectivity index (χ1v) is 5.54.